The highest BCUT2D eigenvalue weighted by molar-refractivity contribution is 6.33. The number of amides is 1. The number of nitrogens with zero attached hydrogens (tertiary/aromatic N) is 2. The van der Waals surface area contributed by atoms with E-state index in [4.69, 9.17) is 16.3 Å². The Morgan fingerprint density at radius 3 is 3.05 bits per heavy atom. The lowest BCUT2D eigenvalue weighted by atomic mass is 10.0. The van der Waals surface area contributed by atoms with Crippen LogP contribution >= 0.6 is 11.6 Å². The first kappa shape index (κ1) is 14.2. The van der Waals surface area contributed by atoms with Gasteiger partial charge >= 0.3 is 0 Å². The molecule has 1 aromatic rings. The summed E-state index contributed by atoms with van der Waals surface area (Å²) in [6.45, 7) is 4.46. The normalized spacial score (nSPS) is 22.3. The second-order valence-electron chi connectivity index (χ2n) is 5.22. The van der Waals surface area contributed by atoms with E-state index in [-0.39, 0.29) is 18.6 Å². The predicted molar refractivity (Wildman–Crippen MR) is 71.2 cm³/mol. The number of aliphatic hydroxyl groups is 1. The van der Waals surface area contributed by atoms with Crippen molar-refractivity contribution in [2.24, 2.45) is 0 Å². The van der Waals surface area contributed by atoms with Crippen LogP contribution in [0.15, 0.2) is 18.5 Å². The van der Waals surface area contributed by atoms with E-state index in [9.17, 15) is 9.90 Å². The van der Waals surface area contributed by atoms with E-state index >= 15 is 0 Å². The minimum Gasteiger partial charge on any atom is -0.394 e. The summed E-state index contributed by atoms with van der Waals surface area (Å²) in [5.41, 5.74) is -0.116. The molecule has 6 heteroatoms. The molecule has 1 saturated heterocycles. The zero-order valence-corrected chi connectivity index (χ0v) is 11.7. The van der Waals surface area contributed by atoms with Crippen LogP contribution in [0.1, 0.15) is 24.2 Å². The molecule has 1 amide bonds. The van der Waals surface area contributed by atoms with Gasteiger partial charge in [0.1, 0.15) is 0 Å². The zero-order valence-electron chi connectivity index (χ0n) is 11.0. The monoisotopic (exact) mass is 284 g/mol. The maximum atomic E-state index is 12.4. The maximum absolute atomic E-state index is 12.4. The molecule has 0 aliphatic carbocycles. The fourth-order valence-electron chi connectivity index (χ4n) is 2.25. The summed E-state index contributed by atoms with van der Waals surface area (Å²) < 4.78 is 5.68. The van der Waals surface area contributed by atoms with E-state index < -0.39 is 5.60 Å². The van der Waals surface area contributed by atoms with E-state index in [1.807, 2.05) is 13.8 Å². The van der Waals surface area contributed by atoms with E-state index in [0.29, 0.717) is 23.7 Å². The Kier molecular flexibility index (Phi) is 4.08. The Hall–Kier alpha value is -1.17. The van der Waals surface area contributed by atoms with Gasteiger partial charge in [-0.25, -0.2) is 0 Å². The van der Waals surface area contributed by atoms with Crippen molar-refractivity contribution in [1.82, 2.24) is 9.88 Å². The van der Waals surface area contributed by atoms with Crippen LogP contribution in [0.5, 0.6) is 0 Å². The van der Waals surface area contributed by atoms with Crippen molar-refractivity contribution in [3.8, 4) is 0 Å². The predicted octanol–water partition coefficient (Wildman–Crippen LogP) is 1.35. The van der Waals surface area contributed by atoms with Gasteiger partial charge in [0.2, 0.25) is 0 Å². The molecule has 0 aromatic carbocycles. The molecule has 2 heterocycles. The number of morpholine rings is 1. The minimum absolute atomic E-state index is 0.117. The molecule has 1 aliphatic rings. The number of aliphatic hydroxyl groups excluding tert-OH is 1. The largest absolute Gasteiger partial charge is 0.394 e. The number of rotatable bonds is 2. The Morgan fingerprint density at radius 1 is 1.68 bits per heavy atom. The third kappa shape index (κ3) is 3.23. The van der Waals surface area contributed by atoms with Gasteiger partial charge in [-0.15, -0.1) is 0 Å². The number of halogens is 1. The molecule has 5 nitrogen and oxygen atoms in total. The van der Waals surface area contributed by atoms with Gasteiger partial charge in [0.25, 0.3) is 5.91 Å². The molecule has 0 bridgehead atoms. The van der Waals surface area contributed by atoms with Gasteiger partial charge in [0.15, 0.2) is 0 Å². The number of aromatic nitrogens is 1. The summed E-state index contributed by atoms with van der Waals surface area (Å²) in [5, 5.41) is 9.63. The van der Waals surface area contributed by atoms with Gasteiger partial charge in [-0.1, -0.05) is 11.6 Å². The van der Waals surface area contributed by atoms with Gasteiger partial charge in [-0.05, 0) is 19.9 Å². The molecular formula is C13H17ClN2O3. The quantitative estimate of drug-likeness (QED) is 0.890. The molecule has 1 N–H and O–H groups in total. The summed E-state index contributed by atoms with van der Waals surface area (Å²) in [7, 11) is 0. The van der Waals surface area contributed by atoms with Crippen molar-refractivity contribution in [2.75, 3.05) is 19.7 Å². The molecule has 1 unspecified atom stereocenters. The van der Waals surface area contributed by atoms with Crippen LogP contribution in [-0.4, -0.2) is 52.3 Å². The number of ether oxygens (including phenoxy) is 1. The molecule has 1 aromatic heterocycles. The minimum atomic E-state index is -0.490. The summed E-state index contributed by atoms with van der Waals surface area (Å²) in [6.07, 6.45) is 2.63. The SMILES string of the molecule is CC1(C)CN(C(=O)c2cnccc2Cl)CC(CO)O1. The number of pyridine rings is 1. The van der Waals surface area contributed by atoms with Crippen molar-refractivity contribution >= 4 is 17.5 Å². The average Bonchev–Trinajstić information content (AvgIpc) is 2.36. The van der Waals surface area contributed by atoms with Gasteiger partial charge in [0.05, 0.1) is 28.9 Å². The second-order valence-corrected chi connectivity index (χ2v) is 5.63. The van der Waals surface area contributed by atoms with Crippen LogP contribution in [0, 0.1) is 0 Å². The van der Waals surface area contributed by atoms with Crippen LogP contribution in [0.4, 0.5) is 0 Å². The summed E-state index contributed by atoms with van der Waals surface area (Å²) in [6, 6.07) is 1.59. The number of carbonyl (C=O) groups excluding carboxylic acids is 1. The highest BCUT2D eigenvalue weighted by Crippen LogP contribution is 2.24. The molecule has 0 radical (unpaired) electrons. The van der Waals surface area contributed by atoms with Crippen LogP contribution in [0.3, 0.4) is 0 Å². The topological polar surface area (TPSA) is 62.7 Å². The van der Waals surface area contributed by atoms with E-state index in [2.05, 4.69) is 4.98 Å². The number of hydrogen-bond acceptors (Lipinski definition) is 4. The standard InChI is InChI=1S/C13H17ClN2O3/c1-13(2)8-16(6-9(7-17)19-13)12(18)10-5-15-4-3-11(10)14/h3-5,9,17H,6-8H2,1-2H3. The highest BCUT2D eigenvalue weighted by Gasteiger charge is 2.36. The molecule has 0 spiro atoms. The number of hydrogen-bond donors (Lipinski definition) is 1. The summed E-state index contributed by atoms with van der Waals surface area (Å²) in [4.78, 5) is 18.0. The van der Waals surface area contributed by atoms with Gasteiger partial charge < -0.3 is 14.7 Å². The fourth-order valence-corrected chi connectivity index (χ4v) is 2.44. The van der Waals surface area contributed by atoms with Crippen LogP contribution in [0.25, 0.3) is 0 Å². The van der Waals surface area contributed by atoms with E-state index in [0.717, 1.165) is 0 Å². The summed E-state index contributed by atoms with van der Waals surface area (Å²) >= 11 is 6.01. The van der Waals surface area contributed by atoms with Gasteiger partial charge in [-0.3, -0.25) is 9.78 Å². The smallest absolute Gasteiger partial charge is 0.257 e. The van der Waals surface area contributed by atoms with E-state index in [1.54, 1.807) is 17.2 Å². The molecule has 1 atom stereocenters. The molecular weight excluding hydrogens is 268 g/mol. The lowest BCUT2D eigenvalue weighted by molar-refractivity contribution is -0.139. The molecule has 104 valence electrons. The molecule has 19 heavy (non-hydrogen) atoms. The zero-order chi connectivity index (χ0) is 14.0. The fraction of sp³-hybridized carbons (Fsp3) is 0.538. The van der Waals surface area contributed by atoms with Crippen molar-refractivity contribution in [1.29, 1.82) is 0 Å². The van der Waals surface area contributed by atoms with Gasteiger partial charge in [-0.2, -0.15) is 0 Å². The first-order valence-electron chi connectivity index (χ1n) is 6.10. The Bertz CT molecular complexity index is 479. The summed E-state index contributed by atoms with van der Waals surface area (Å²) in [5.74, 6) is -0.187. The third-order valence-corrected chi connectivity index (χ3v) is 3.30. The number of carbonyl (C=O) groups is 1. The van der Waals surface area contributed by atoms with Crippen LogP contribution < -0.4 is 0 Å². The van der Waals surface area contributed by atoms with Gasteiger partial charge in [0, 0.05) is 25.5 Å². The molecule has 1 fully saturated rings. The van der Waals surface area contributed by atoms with Crippen LogP contribution in [0.2, 0.25) is 5.02 Å². The van der Waals surface area contributed by atoms with E-state index in [1.165, 1.54) is 6.20 Å². The lowest BCUT2D eigenvalue weighted by Crippen LogP contribution is -2.55. The third-order valence-electron chi connectivity index (χ3n) is 2.97. The highest BCUT2D eigenvalue weighted by atomic mass is 35.5. The van der Waals surface area contributed by atoms with Crippen molar-refractivity contribution in [2.45, 2.75) is 25.6 Å². The van der Waals surface area contributed by atoms with Crippen molar-refractivity contribution in [3.63, 3.8) is 0 Å². The first-order valence-corrected chi connectivity index (χ1v) is 6.48. The average molecular weight is 285 g/mol. The van der Waals surface area contributed by atoms with Crippen molar-refractivity contribution in [3.05, 3.63) is 29.0 Å². The Balaban J connectivity index is 2.21. The molecule has 0 saturated carbocycles. The first-order chi connectivity index (χ1) is 8.93. The lowest BCUT2D eigenvalue weighted by Gasteiger charge is -2.42. The second kappa shape index (κ2) is 5.45. The Morgan fingerprint density at radius 2 is 2.42 bits per heavy atom. The van der Waals surface area contributed by atoms with Crippen molar-refractivity contribution < 1.29 is 14.6 Å². The Labute approximate surface area is 117 Å². The molecule has 2 rings (SSSR count). The molecule has 1 aliphatic heterocycles. The maximum Gasteiger partial charge on any atom is 0.257 e. The van der Waals surface area contributed by atoms with Crippen LogP contribution in [-0.2, 0) is 4.74 Å².